The molecule has 1 aliphatic rings. The summed E-state index contributed by atoms with van der Waals surface area (Å²) in [5, 5.41) is 21.1. The average molecular weight is 445 g/mol. The van der Waals surface area contributed by atoms with Gasteiger partial charge in [0.15, 0.2) is 0 Å². The molecule has 1 aromatic heterocycles. The van der Waals surface area contributed by atoms with Crippen LogP contribution in [0.2, 0.25) is 0 Å². The van der Waals surface area contributed by atoms with Crippen LogP contribution in [0.15, 0.2) is 30.5 Å². The van der Waals surface area contributed by atoms with E-state index in [-0.39, 0.29) is 24.5 Å². The Morgan fingerprint density at radius 1 is 1.34 bits per heavy atom. The molecule has 1 saturated heterocycles. The fourth-order valence-electron chi connectivity index (χ4n) is 4.53. The maximum atomic E-state index is 12.5. The number of nitrogens with zero attached hydrogens (tertiary/aromatic N) is 2. The zero-order chi connectivity index (χ0) is 23.3. The van der Waals surface area contributed by atoms with E-state index in [2.05, 4.69) is 11.1 Å². The van der Waals surface area contributed by atoms with Gasteiger partial charge in [-0.05, 0) is 70.1 Å². The van der Waals surface area contributed by atoms with Crippen LogP contribution in [-0.4, -0.2) is 64.7 Å². The quantitative estimate of drug-likeness (QED) is 0.675. The Labute approximate surface area is 190 Å². The summed E-state index contributed by atoms with van der Waals surface area (Å²) in [6, 6.07) is 8.16. The van der Waals surface area contributed by atoms with Crippen molar-refractivity contribution in [3.05, 3.63) is 36.0 Å². The number of hydrogen-bond acceptors (Lipinski definition) is 6. The van der Waals surface area contributed by atoms with Crippen molar-refractivity contribution in [2.24, 2.45) is 11.8 Å². The van der Waals surface area contributed by atoms with Crippen LogP contribution in [-0.2, 0) is 11.2 Å². The van der Waals surface area contributed by atoms with Crippen molar-refractivity contribution in [3.8, 4) is 5.75 Å². The van der Waals surface area contributed by atoms with Gasteiger partial charge in [0.05, 0.1) is 31.5 Å². The molecule has 7 heteroatoms. The first-order chi connectivity index (χ1) is 15.2. The topological polar surface area (TPSA) is 92.1 Å². The van der Waals surface area contributed by atoms with Crippen LogP contribution in [0.25, 0.3) is 10.9 Å². The summed E-state index contributed by atoms with van der Waals surface area (Å²) in [6.45, 7) is 6.22. The fraction of sp³-hybridized carbons (Fsp3) is 0.600. The summed E-state index contributed by atoms with van der Waals surface area (Å²) >= 11 is 0. The second-order valence-corrected chi connectivity index (χ2v) is 9.64. The van der Waals surface area contributed by atoms with Gasteiger partial charge in [-0.15, -0.1) is 0 Å². The summed E-state index contributed by atoms with van der Waals surface area (Å²) in [6.07, 6.45) is 4.05. The molecule has 32 heavy (non-hydrogen) atoms. The van der Waals surface area contributed by atoms with Crippen LogP contribution in [0.5, 0.6) is 5.75 Å². The van der Waals surface area contributed by atoms with Crippen LogP contribution in [0.3, 0.4) is 0 Å². The number of benzene rings is 1. The van der Waals surface area contributed by atoms with Gasteiger partial charge in [-0.1, -0.05) is 12.1 Å². The van der Waals surface area contributed by atoms with Crippen LogP contribution < -0.4 is 4.74 Å². The molecule has 1 unspecified atom stereocenters. The minimum absolute atomic E-state index is 0.171. The lowest BCUT2D eigenvalue weighted by atomic mass is 9.78. The lowest BCUT2D eigenvalue weighted by Crippen LogP contribution is -2.49. The molecule has 1 aromatic carbocycles. The van der Waals surface area contributed by atoms with Gasteiger partial charge in [-0.3, -0.25) is 4.98 Å². The van der Waals surface area contributed by atoms with E-state index in [9.17, 15) is 15.0 Å². The zero-order valence-electron chi connectivity index (χ0n) is 19.6. The van der Waals surface area contributed by atoms with E-state index < -0.39 is 11.7 Å². The van der Waals surface area contributed by atoms with Gasteiger partial charge in [-0.25, -0.2) is 4.79 Å². The number of amides is 1. The minimum atomic E-state index is -0.851. The van der Waals surface area contributed by atoms with Crippen molar-refractivity contribution in [1.82, 2.24) is 9.88 Å². The molecule has 3 atom stereocenters. The van der Waals surface area contributed by atoms with Crippen LogP contribution >= 0.6 is 0 Å². The number of piperidine rings is 1. The number of ether oxygens (including phenoxy) is 2. The Kier molecular flexibility index (Phi) is 7.96. The Morgan fingerprint density at radius 3 is 2.81 bits per heavy atom. The smallest absolute Gasteiger partial charge is 0.410 e. The Balaban J connectivity index is 1.64. The number of rotatable bonds is 7. The first kappa shape index (κ1) is 24.3. The van der Waals surface area contributed by atoms with Gasteiger partial charge in [0.2, 0.25) is 0 Å². The predicted molar refractivity (Wildman–Crippen MR) is 124 cm³/mol. The molecule has 0 radical (unpaired) electrons. The van der Waals surface area contributed by atoms with Gasteiger partial charge in [0.25, 0.3) is 0 Å². The van der Waals surface area contributed by atoms with Crippen LogP contribution in [0.4, 0.5) is 4.79 Å². The Hall–Kier alpha value is -2.38. The van der Waals surface area contributed by atoms with E-state index in [1.54, 1.807) is 18.2 Å². The Morgan fingerprint density at radius 2 is 2.12 bits per heavy atom. The molecular weight excluding hydrogens is 408 g/mol. The molecule has 176 valence electrons. The number of carbonyl (C=O) groups excluding carboxylic acids is 1. The normalized spacial score (nSPS) is 20.2. The Bertz CT molecular complexity index is 911. The molecule has 0 saturated carbocycles. The van der Waals surface area contributed by atoms with Crippen molar-refractivity contribution in [2.75, 3.05) is 26.8 Å². The predicted octanol–water partition coefficient (Wildman–Crippen LogP) is 3.79. The lowest BCUT2D eigenvalue weighted by molar-refractivity contribution is -0.0307. The lowest BCUT2D eigenvalue weighted by Gasteiger charge is -2.40. The number of pyridine rings is 1. The van der Waals surface area contributed by atoms with Crippen LogP contribution in [0, 0.1) is 11.8 Å². The molecule has 2 aromatic rings. The summed E-state index contributed by atoms with van der Waals surface area (Å²) in [5.74, 6) is 0.805. The highest BCUT2D eigenvalue weighted by atomic mass is 16.6. The highest BCUT2D eigenvalue weighted by molar-refractivity contribution is 5.83. The van der Waals surface area contributed by atoms with Gasteiger partial charge in [0.1, 0.15) is 11.4 Å². The first-order valence-corrected chi connectivity index (χ1v) is 11.4. The summed E-state index contributed by atoms with van der Waals surface area (Å²) in [7, 11) is 1.64. The standard InChI is InChI=1S/C25H36N2O5/c1-25(2,3)32-24(30)27-12-11-18(21(15-27)23(29)16-28)8-5-7-17-9-6-10-22-20(17)13-19(31-4)14-26-22/h6,9-10,13-14,18,21,23,28-29H,5,7-8,11-12,15-16H2,1-4H3/t18-,21+,23?/m1/s1. The molecule has 1 aliphatic heterocycles. The number of aliphatic hydroxyl groups excluding tert-OH is 2. The second kappa shape index (κ2) is 10.5. The van der Waals surface area contributed by atoms with E-state index in [4.69, 9.17) is 9.47 Å². The van der Waals surface area contributed by atoms with Gasteiger partial charge >= 0.3 is 6.09 Å². The van der Waals surface area contributed by atoms with Gasteiger partial charge < -0.3 is 24.6 Å². The molecular formula is C25H36N2O5. The largest absolute Gasteiger partial charge is 0.495 e. The number of aliphatic hydroxyl groups is 2. The molecule has 2 N–H and O–H groups in total. The molecule has 2 heterocycles. The SMILES string of the molecule is COc1cnc2cccc(CCC[C@@H]3CCN(C(=O)OC(C)(C)C)C[C@@H]3C(O)CO)c2c1. The number of likely N-dealkylation sites (tertiary alicyclic amines) is 1. The van der Waals surface area contributed by atoms with Crippen molar-refractivity contribution < 1.29 is 24.5 Å². The summed E-state index contributed by atoms with van der Waals surface area (Å²) in [5.41, 5.74) is 1.61. The number of carbonyl (C=O) groups is 1. The number of fused-ring (bicyclic) bond motifs is 1. The molecule has 3 rings (SSSR count). The molecule has 1 fully saturated rings. The van der Waals surface area contributed by atoms with Crippen LogP contribution in [0.1, 0.15) is 45.6 Å². The molecule has 0 aliphatic carbocycles. The van der Waals surface area contributed by atoms with Gasteiger partial charge in [0, 0.05) is 24.4 Å². The van der Waals surface area contributed by atoms with E-state index >= 15 is 0 Å². The van der Waals surface area contributed by atoms with Gasteiger partial charge in [-0.2, -0.15) is 0 Å². The number of methoxy groups -OCH3 is 1. The molecule has 7 nitrogen and oxygen atoms in total. The number of hydrogen-bond donors (Lipinski definition) is 2. The third-order valence-electron chi connectivity index (χ3n) is 6.19. The van der Waals surface area contributed by atoms with Crippen molar-refractivity contribution >= 4 is 17.0 Å². The van der Waals surface area contributed by atoms with E-state index in [0.29, 0.717) is 13.1 Å². The zero-order valence-corrected chi connectivity index (χ0v) is 19.6. The first-order valence-electron chi connectivity index (χ1n) is 11.4. The summed E-state index contributed by atoms with van der Waals surface area (Å²) < 4.78 is 10.8. The third-order valence-corrected chi connectivity index (χ3v) is 6.19. The number of aromatic nitrogens is 1. The monoisotopic (exact) mass is 444 g/mol. The van der Waals surface area contributed by atoms with E-state index in [0.717, 1.165) is 42.3 Å². The number of aryl methyl sites for hydroxylation is 1. The molecule has 0 bridgehead atoms. The average Bonchev–Trinajstić information content (AvgIpc) is 2.77. The van der Waals surface area contributed by atoms with Crippen molar-refractivity contribution in [2.45, 2.75) is 58.2 Å². The molecule has 0 spiro atoms. The van der Waals surface area contributed by atoms with E-state index in [1.165, 1.54) is 5.56 Å². The third kappa shape index (κ3) is 6.11. The minimum Gasteiger partial charge on any atom is -0.495 e. The highest BCUT2D eigenvalue weighted by Crippen LogP contribution is 2.32. The summed E-state index contributed by atoms with van der Waals surface area (Å²) in [4.78, 5) is 18.6. The van der Waals surface area contributed by atoms with Crippen molar-refractivity contribution in [1.29, 1.82) is 0 Å². The fourth-order valence-corrected chi connectivity index (χ4v) is 4.53. The molecule has 1 amide bonds. The maximum Gasteiger partial charge on any atom is 0.410 e. The maximum absolute atomic E-state index is 12.5. The second-order valence-electron chi connectivity index (χ2n) is 9.64. The highest BCUT2D eigenvalue weighted by Gasteiger charge is 2.36. The van der Waals surface area contributed by atoms with Crippen molar-refractivity contribution in [3.63, 3.8) is 0 Å². The van der Waals surface area contributed by atoms with E-state index in [1.807, 2.05) is 39.0 Å².